The van der Waals surface area contributed by atoms with Gasteiger partial charge < -0.3 is 10.6 Å². The summed E-state index contributed by atoms with van der Waals surface area (Å²) in [6.45, 7) is 5.01. The van der Waals surface area contributed by atoms with E-state index in [0.717, 1.165) is 13.1 Å². The van der Waals surface area contributed by atoms with E-state index in [2.05, 4.69) is 21.8 Å². The zero-order chi connectivity index (χ0) is 13.4. The van der Waals surface area contributed by atoms with Gasteiger partial charge in [0.2, 0.25) is 0 Å². The van der Waals surface area contributed by atoms with Gasteiger partial charge in [-0.2, -0.15) is 0 Å². The van der Waals surface area contributed by atoms with Crippen LogP contribution in [-0.4, -0.2) is 57.4 Å². The summed E-state index contributed by atoms with van der Waals surface area (Å²) in [5.41, 5.74) is 5.88. The van der Waals surface area contributed by atoms with Gasteiger partial charge in [-0.1, -0.05) is 0 Å². The number of fused-ring (bicyclic) bond motifs is 1. The van der Waals surface area contributed by atoms with E-state index >= 15 is 0 Å². The fraction of sp³-hybridized carbons (Fsp3) is 0.615. The van der Waals surface area contributed by atoms with Crippen molar-refractivity contribution < 1.29 is 4.79 Å². The molecule has 2 fully saturated rings. The zero-order valence-corrected chi connectivity index (χ0v) is 11.1. The zero-order valence-electron chi connectivity index (χ0n) is 11.1. The van der Waals surface area contributed by atoms with E-state index in [9.17, 15) is 4.79 Å². The third kappa shape index (κ3) is 2.28. The molecule has 2 aliphatic heterocycles. The Morgan fingerprint density at radius 3 is 2.95 bits per heavy atom. The third-order valence-corrected chi connectivity index (χ3v) is 4.09. The highest BCUT2D eigenvalue weighted by molar-refractivity contribution is 5.92. The molecule has 0 bridgehead atoms. The molecule has 2 N–H and O–H groups in total. The molecule has 0 radical (unpaired) electrons. The number of hydrogen-bond donors (Lipinski definition) is 1. The van der Waals surface area contributed by atoms with E-state index in [-0.39, 0.29) is 11.9 Å². The van der Waals surface area contributed by atoms with Crippen LogP contribution in [0.4, 0.5) is 5.82 Å². The van der Waals surface area contributed by atoms with Crippen LogP contribution in [0.3, 0.4) is 0 Å². The highest BCUT2D eigenvalue weighted by Crippen LogP contribution is 2.25. The summed E-state index contributed by atoms with van der Waals surface area (Å²) in [7, 11) is 0. The Hall–Kier alpha value is -1.69. The Kier molecular flexibility index (Phi) is 3.10. The minimum Gasteiger partial charge on any atom is -0.382 e. The standard InChI is InChI=1S/C13H19N5O/c1-9-7-17-4-2-3-10(17)8-18(9)13(19)11-5-16-12(14)6-15-11/h5-6,9-10H,2-4,7-8H2,1H3,(H2,14,16). The van der Waals surface area contributed by atoms with Gasteiger partial charge in [0.05, 0.1) is 12.4 Å². The van der Waals surface area contributed by atoms with Gasteiger partial charge in [0.1, 0.15) is 11.5 Å². The number of carbonyl (C=O) groups excluding carboxylic acids is 1. The number of carbonyl (C=O) groups is 1. The summed E-state index contributed by atoms with van der Waals surface area (Å²) in [5, 5.41) is 0. The van der Waals surface area contributed by atoms with Crippen LogP contribution in [0.5, 0.6) is 0 Å². The van der Waals surface area contributed by atoms with Gasteiger partial charge in [0.15, 0.2) is 0 Å². The smallest absolute Gasteiger partial charge is 0.274 e. The lowest BCUT2D eigenvalue weighted by atomic mass is 10.1. The number of amides is 1. The van der Waals surface area contributed by atoms with E-state index in [4.69, 9.17) is 5.73 Å². The predicted molar refractivity (Wildman–Crippen MR) is 71.5 cm³/mol. The van der Waals surface area contributed by atoms with Crippen molar-refractivity contribution in [3.05, 3.63) is 18.1 Å². The summed E-state index contributed by atoms with van der Waals surface area (Å²) in [6.07, 6.45) is 5.32. The topological polar surface area (TPSA) is 75.3 Å². The first kappa shape index (κ1) is 12.3. The molecule has 19 heavy (non-hydrogen) atoms. The van der Waals surface area contributed by atoms with Crippen molar-refractivity contribution in [1.82, 2.24) is 19.8 Å². The van der Waals surface area contributed by atoms with E-state index in [0.29, 0.717) is 17.6 Å². The van der Waals surface area contributed by atoms with E-state index in [1.165, 1.54) is 31.8 Å². The molecule has 0 saturated carbocycles. The first-order valence-corrected chi connectivity index (χ1v) is 6.77. The van der Waals surface area contributed by atoms with Crippen LogP contribution < -0.4 is 5.73 Å². The lowest BCUT2D eigenvalue weighted by molar-refractivity contribution is 0.0390. The highest BCUT2D eigenvalue weighted by Gasteiger charge is 2.37. The number of rotatable bonds is 1. The molecular formula is C13H19N5O. The molecular weight excluding hydrogens is 242 g/mol. The SMILES string of the molecule is CC1CN2CCCC2CN1C(=O)c1cnc(N)cn1. The molecule has 2 unspecified atom stereocenters. The van der Waals surface area contributed by atoms with Crippen LogP contribution >= 0.6 is 0 Å². The van der Waals surface area contributed by atoms with Crippen LogP contribution in [0.25, 0.3) is 0 Å². The highest BCUT2D eigenvalue weighted by atomic mass is 16.2. The summed E-state index contributed by atoms with van der Waals surface area (Å²) in [5.74, 6) is 0.303. The molecule has 1 amide bonds. The molecule has 102 valence electrons. The molecule has 3 heterocycles. The van der Waals surface area contributed by atoms with Crippen molar-refractivity contribution in [2.45, 2.75) is 31.8 Å². The second-order valence-corrected chi connectivity index (χ2v) is 5.42. The number of piperazine rings is 1. The van der Waals surface area contributed by atoms with Gasteiger partial charge in [0, 0.05) is 25.2 Å². The minimum absolute atomic E-state index is 0.0356. The Bertz CT molecular complexity index is 474. The molecule has 0 spiro atoms. The summed E-state index contributed by atoms with van der Waals surface area (Å²) in [4.78, 5) is 24.9. The summed E-state index contributed by atoms with van der Waals surface area (Å²) in [6, 6.07) is 0.739. The predicted octanol–water partition coefficient (Wildman–Crippen LogP) is 0.367. The summed E-state index contributed by atoms with van der Waals surface area (Å²) >= 11 is 0. The lowest BCUT2D eigenvalue weighted by Crippen LogP contribution is -2.56. The van der Waals surface area contributed by atoms with Gasteiger partial charge in [-0.25, -0.2) is 9.97 Å². The van der Waals surface area contributed by atoms with Crippen LogP contribution in [0.1, 0.15) is 30.3 Å². The van der Waals surface area contributed by atoms with Crippen molar-refractivity contribution in [3.63, 3.8) is 0 Å². The van der Waals surface area contributed by atoms with E-state index < -0.39 is 0 Å². The average molecular weight is 261 g/mol. The van der Waals surface area contributed by atoms with Gasteiger partial charge in [-0.15, -0.1) is 0 Å². The largest absolute Gasteiger partial charge is 0.382 e. The second kappa shape index (κ2) is 4.77. The first-order chi connectivity index (χ1) is 9.15. The van der Waals surface area contributed by atoms with Gasteiger partial charge >= 0.3 is 0 Å². The number of nitrogen functional groups attached to an aromatic ring is 1. The van der Waals surface area contributed by atoms with Crippen molar-refractivity contribution in [2.24, 2.45) is 0 Å². The molecule has 2 aliphatic rings. The molecule has 6 heteroatoms. The van der Waals surface area contributed by atoms with Gasteiger partial charge in [-0.05, 0) is 26.3 Å². The van der Waals surface area contributed by atoms with Crippen molar-refractivity contribution >= 4 is 11.7 Å². The number of nitrogens with zero attached hydrogens (tertiary/aromatic N) is 4. The molecule has 0 aromatic carbocycles. The van der Waals surface area contributed by atoms with Crippen molar-refractivity contribution in [1.29, 1.82) is 0 Å². The molecule has 2 saturated heterocycles. The maximum atomic E-state index is 12.5. The number of anilines is 1. The fourth-order valence-corrected chi connectivity index (χ4v) is 3.07. The maximum absolute atomic E-state index is 12.5. The van der Waals surface area contributed by atoms with E-state index in [1.807, 2.05) is 4.90 Å². The molecule has 0 aliphatic carbocycles. The molecule has 3 rings (SSSR count). The Morgan fingerprint density at radius 1 is 1.37 bits per heavy atom. The first-order valence-electron chi connectivity index (χ1n) is 6.77. The Labute approximate surface area is 112 Å². The van der Waals surface area contributed by atoms with Crippen molar-refractivity contribution in [2.75, 3.05) is 25.4 Å². The minimum atomic E-state index is -0.0356. The van der Waals surface area contributed by atoms with Crippen molar-refractivity contribution in [3.8, 4) is 0 Å². The second-order valence-electron chi connectivity index (χ2n) is 5.42. The normalized spacial score (nSPS) is 27.3. The van der Waals surface area contributed by atoms with Gasteiger partial charge in [0.25, 0.3) is 5.91 Å². The molecule has 6 nitrogen and oxygen atoms in total. The molecule has 2 atom stereocenters. The number of hydrogen-bond acceptors (Lipinski definition) is 5. The van der Waals surface area contributed by atoms with Gasteiger partial charge in [-0.3, -0.25) is 9.69 Å². The lowest BCUT2D eigenvalue weighted by Gasteiger charge is -2.42. The number of aromatic nitrogens is 2. The third-order valence-electron chi connectivity index (χ3n) is 4.09. The van der Waals surface area contributed by atoms with E-state index in [1.54, 1.807) is 0 Å². The maximum Gasteiger partial charge on any atom is 0.274 e. The number of nitrogens with two attached hydrogens (primary N) is 1. The summed E-state index contributed by atoms with van der Waals surface area (Å²) < 4.78 is 0. The Balaban J connectivity index is 1.77. The van der Waals surface area contributed by atoms with Crippen LogP contribution in [-0.2, 0) is 0 Å². The Morgan fingerprint density at radius 2 is 2.21 bits per heavy atom. The van der Waals surface area contributed by atoms with Crippen LogP contribution in [0, 0.1) is 0 Å². The quantitative estimate of drug-likeness (QED) is 0.790. The monoisotopic (exact) mass is 261 g/mol. The fourth-order valence-electron chi connectivity index (χ4n) is 3.07. The van der Waals surface area contributed by atoms with Crippen LogP contribution in [0.15, 0.2) is 12.4 Å². The molecule has 1 aromatic heterocycles. The molecule has 1 aromatic rings. The average Bonchev–Trinajstić information content (AvgIpc) is 2.85. The van der Waals surface area contributed by atoms with Crippen LogP contribution in [0.2, 0.25) is 0 Å².